The Hall–Kier alpha value is -2.18. The van der Waals surface area contributed by atoms with E-state index in [9.17, 15) is 9.18 Å². The van der Waals surface area contributed by atoms with Crippen molar-refractivity contribution in [2.45, 2.75) is 6.92 Å². The molecule has 0 radical (unpaired) electrons. The SMILES string of the molecule is CCN1CCN(C(=O)c2ccc(Nc3ccc(F)c(Cl)c3)nc2)CC1. The van der Waals surface area contributed by atoms with Gasteiger partial charge in [0.25, 0.3) is 5.91 Å². The number of rotatable bonds is 4. The van der Waals surface area contributed by atoms with Crippen molar-refractivity contribution in [1.82, 2.24) is 14.8 Å². The largest absolute Gasteiger partial charge is 0.340 e. The molecule has 7 heteroatoms. The van der Waals surface area contributed by atoms with Crippen LogP contribution in [0.2, 0.25) is 5.02 Å². The molecule has 2 heterocycles. The molecule has 0 spiro atoms. The van der Waals surface area contributed by atoms with Gasteiger partial charge in [-0.25, -0.2) is 9.37 Å². The third kappa shape index (κ3) is 4.27. The van der Waals surface area contributed by atoms with E-state index in [-0.39, 0.29) is 10.9 Å². The number of likely N-dealkylation sites (N-methyl/N-ethyl adjacent to an activating group) is 1. The van der Waals surface area contributed by atoms with Crippen LogP contribution in [0.4, 0.5) is 15.9 Å². The number of hydrogen-bond acceptors (Lipinski definition) is 4. The number of aromatic nitrogens is 1. The fourth-order valence-electron chi connectivity index (χ4n) is 2.77. The smallest absolute Gasteiger partial charge is 0.255 e. The molecule has 5 nitrogen and oxygen atoms in total. The highest BCUT2D eigenvalue weighted by atomic mass is 35.5. The second kappa shape index (κ2) is 7.80. The zero-order chi connectivity index (χ0) is 17.8. The van der Waals surface area contributed by atoms with Crippen LogP contribution in [0.25, 0.3) is 0 Å². The van der Waals surface area contributed by atoms with Gasteiger partial charge in [-0.2, -0.15) is 0 Å². The first kappa shape index (κ1) is 17.6. The lowest BCUT2D eigenvalue weighted by Gasteiger charge is -2.34. The first-order valence-electron chi connectivity index (χ1n) is 8.26. The highest BCUT2D eigenvalue weighted by Crippen LogP contribution is 2.22. The van der Waals surface area contributed by atoms with Crippen LogP contribution in [0.5, 0.6) is 0 Å². The van der Waals surface area contributed by atoms with Gasteiger partial charge in [0.1, 0.15) is 11.6 Å². The maximum Gasteiger partial charge on any atom is 0.255 e. The highest BCUT2D eigenvalue weighted by molar-refractivity contribution is 6.31. The fourth-order valence-corrected chi connectivity index (χ4v) is 2.95. The molecule has 0 bridgehead atoms. The molecule has 0 unspecified atom stereocenters. The summed E-state index contributed by atoms with van der Waals surface area (Å²) in [7, 11) is 0. The van der Waals surface area contributed by atoms with E-state index in [1.54, 1.807) is 24.4 Å². The van der Waals surface area contributed by atoms with Crippen molar-refractivity contribution in [2.24, 2.45) is 0 Å². The quantitative estimate of drug-likeness (QED) is 0.905. The Balaban J connectivity index is 1.63. The minimum Gasteiger partial charge on any atom is -0.340 e. The molecular weight excluding hydrogens is 343 g/mol. The minimum absolute atomic E-state index is 0.000343. The third-order valence-electron chi connectivity index (χ3n) is 4.31. The van der Waals surface area contributed by atoms with Crippen LogP contribution in [-0.4, -0.2) is 53.4 Å². The summed E-state index contributed by atoms with van der Waals surface area (Å²) in [6.07, 6.45) is 1.56. The van der Waals surface area contributed by atoms with Crippen LogP contribution in [0, 0.1) is 5.82 Å². The van der Waals surface area contributed by atoms with Gasteiger partial charge in [0.05, 0.1) is 10.6 Å². The molecule has 3 rings (SSSR count). The zero-order valence-corrected chi connectivity index (χ0v) is 14.8. The van der Waals surface area contributed by atoms with Crippen molar-refractivity contribution in [1.29, 1.82) is 0 Å². The third-order valence-corrected chi connectivity index (χ3v) is 4.60. The molecule has 1 saturated heterocycles. The minimum atomic E-state index is -0.468. The number of anilines is 2. The molecule has 2 aromatic rings. The average molecular weight is 363 g/mol. The van der Waals surface area contributed by atoms with Crippen LogP contribution in [-0.2, 0) is 0 Å². The lowest BCUT2D eigenvalue weighted by atomic mass is 10.2. The van der Waals surface area contributed by atoms with E-state index < -0.39 is 5.82 Å². The van der Waals surface area contributed by atoms with Gasteiger partial charge in [0, 0.05) is 38.1 Å². The number of amides is 1. The van der Waals surface area contributed by atoms with Crippen LogP contribution in [0.1, 0.15) is 17.3 Å². The molecule has 1 N–H and O–H groups in total. The Morgan fingerprint density at radius 1 is 1.24 bits per heavy atom. The van der Waals surface area contributed by atoms with Gasteiger partial charge in [0.2, 0.25) is 0 Å². The standard InChI is InChI=1S/C18H20ClFN4O/c1-2-23-7-9-24(10-8-23)18(25)13-3-6-17(21-12-13)22-14-4-5-16(20)15(19)11-14/h3-6,11-12H,2,7-10H2,1H3,(H,21,22). The normalized spacial score (nSPS) is 15.2. The van der Waals surface area contributed by atoms with Crippen LogP contribution >= 0.6 is 11.6 Å². The van der Waals surface area contributed by atoms with E-state index in [1.807, 2.05) is 4.90 Å². The van der Waals surface area contributed by atoms with Gasteiger partial charge in [0.15, 0.2) is 0 Å². The summed E-state index contributed by atoms with van der Waals surface area (Å²) in [5.41, 5.74) is 1.20. The summed E-state index contributed by atoms with van der Waals surface area (Å²) in [6, 6.07) is 7.83. The molecule has 1 aliphatic rings. The van der Waals surface area contributed by atoms with Gasteiger partial charge in [-0.3, -0.25) is 4.79 Å². The Labute approximate surface area is 151 Å². The van der Waals surface area contributed by atoms with Crippen molar-refractivity contribution >= 4 is 29.0 Å². The van der Waals surface area contributed by atoms with Gasteiger partial charge in [-0.15, -0.1) is 0 Å². The number of carbonyl (C=O) groups excluding carboxylic acids is 1. The summed E-state index contributed by atoms with van der Waals surface area (Å²) in [5, 5.41) is 3.08. The number of nitrogens with zero attached hydrogens (tertiary/aromatic N) is 3. The molecule has 1 aromatic heterocycles. The van der Waals surface area contributed by atoms with Crippen LogP contribution in [0.3, 0.4) is 0 Å². The number of hydrogen-bond donors (Lipinski definition) is 1. The number of piperazine rings is 1. The molecule has 25 heavy (non-hydrogen) atoms. The van der Waals surface area contributed by atoms with E-state index >= 15 is 0 Å². The molecule has 1 aromatic carbocycles. The number of benzene rings is 1. The Bertz CT molecular complexity index is 745. The summed E-state index contributed by atoms with van der Waals surface area (Å²) < 4.78 is 13.2. The lowest BCUT2D eigenvalue weighted by molar-refractivity contribution is 0.0643. The van der Waals surface area contributed by atoms with Gasteiger partial charge >= 0.3 is 0 Å². The van der Waals surface area contributed by atoms with E-state index in [1.165, 1.54) is 12.1 Å². The number of carbonyl (C=O) groups is 1. The number of pyridine rings is 1. The molecule has 0 aliphatic carbocycles. The molecule has 0 atom stereocenters. The monoisotopic (exact) mass is 362 g/mol. The van der Waals surface area contributed by atoms with Gasteiger partial charge < -0.3 is 15.1 Å². The zero-order valence-electron chi connectivity index (χ0n) is 14.0. The number of nitrogens with one attached hydrogen (secondary N) is 1. The van der Waals surface area contributed by atoms with Crippen LogP contribution < -0.4 is 5.32 Å². The summed E-state index contributed by atoms with van der Waals surface area (Å²) in [5.74, 6) is 0.0962. The van der Waals surface area contributed by atoms with Crippen molar-refractivity contribution in [2.75, 3.05) is 38.0 Å². The molecule has 0 saturated carbocycles. The lowest BCUT2D eigenvalue weighted by Crippen LogP contribution is -2.48. The molecule has 1 amide bonds. The maximum atomic E-state index is 13.2. The maximum absolute atomic E-state index is 13.2. The molecular formula is C18H20ClFN4O. The predicted octanol–water partition coefficient (Wildman–Crippen LogP) is 3.40. The molecule has 1 fully saturated rings. The van der Waals surface area contributed by atoms with Crippen molar-refractivity contribution in [3.05, 3.63) is 52.9 Å². The Morgan fingerprint density at radius 2 is 2.00 bits per heavy atom. The first-order valence-corrected chi connectivity index (χ1v) is 8.64. The number of halogens is 2. The van der Waals surface area contributed by atoms with E-state index in [4.69, 9.17) is 11.6 Å². The summed E-state index contributed by atoms with van der Waals surface area (Å²) >= 11 is 5.76. The fraction of sp³-hybridized carbons (Fsp3) is 0.333. The summed E-state index contributed by atoms with van der Waals surface area (Å²) in [6.45, 7) is 6.42. The average Bonchev–Trinajstić information content (AvgIpc) is 2.65. The predicted molar refractivity (Wildman–Crippen MR) is 96.9 cm³/mol. The van der Waals surface area contributed by atoms with E-state index in [2.05, 4.69) is 22.1 Å². The van der Waals surface area contributed by atoms with Gasteiger partial charge in [-0.1, -0.05) is 18.5 Å². The molecule has 1 aliphatic heterocycles. The van der Waals surface area contributed by atoms with E-state index in [0.29, 0.717) is 17.1 Å². The second-order valence-corrected chi connectivity index (χ2v) is 6.32. The second-order valence-electron chi connectivity index (χ2n) is 5.91. The topological polar surface area (TPSA) is 48.5 Å². The van der Waals surface area contributed by atoms with Crippen LogP contribution in [0.15, 0.2) is 36.5 Å². The Kier molecular flexibility index (Phi) is 5.50. The van der Waals surface area contributed by atoms with Crippen molar-refractivity contribution < 1.29 is 9.18 Å². The van der Waals surface area contributed by atoms with Gasteiger partial charge in [-0.05, 0) is 36.9 Å². The van der Waals surface area contributed by atoms with Crippen molar-refractivity contribution in [3.63, 3.8) is 0 Å². The summed E-state index contributed by atoms with van der Waals surface area (Å²) in [4.78, 5) is 21.0. The Morgan fingerprint density at radius 3 is 2.60 bits per heavy atom. The molecule has 132 valence electrons. The highest BCUT2D eigenvalue weighted by Gasteiger charge is 2.21. The van der Waals surface area contributed by atoms with E-state index in [0.717, 1.165) is 32.7 Å². The first-order chi connectivity index (χ1) is 12.1. The van der Waals surface area contributed by atoms with Crippen molar-refractivity contribution in [3.8, 4) is 0 Å².